The summed E-state index contributed by atoms with van der Waals surface area (Å²) in [6.07, 6.45) is -9.88. The fourth-order valence-electron chi connectivity index (χ4n) is 7.80. The lowest BCUT2D eigenvalue weighted by Gasteiger charge is -2.50. The van der Waals surface area contributed by atoms with Crippen LogP contribution in [0.2, 0.25) is 0 Å². The molecule has 6 atom stereocenters. The Hall–Kier alpha value is -4.43. The number of alkyl halides is 8. The first-order valence-electron chi connectivity index (χ1n) is 15.0. The molecule has 0 bridgehead atoms. The summed E-state index contributed by atoms with van der Waals surface area (Å²) < 4.78 is 96.1. The second-order valence-electron chi connectivity index (χ2n) is 12.6. The molecule has 0 radical (unpaired) electrons. The van der Waals surface area contributed by atoms with Crippen molar-refractivity contribution in [3.63, 3.8) is 0 Å². The van der Waals surface area contributed by atoms with E-state index in [0.717, 1.165) is 24.3 Å². The molecule has 7 rings (SSSR count). The third kappa shape index (κ3) is 4.70. The molecule has 2 heterocycles. The molecule has 4 amide bonds. The first-order chi connectivity index (χ1) is 23.3. The summed E-state index contributed by atoms with van der Waals surface area (Å²) in [5.74, 6) is -10.8. The highest BCUT2D eigenvalue weighted by Gasteiger charge is 2.77. The van der Waals surface area contributed by atoms with Crippen molar-refractivity contribution in [2.75, 3.05) is 9.80 Å². The van der Waals surface area contributed by atoms with E-state index in [1.165, 1.54) is 30.3 Å². The number of phenolic OH excluding ortho intramolecular Hbond substituents is 1. The van der Waals surface area contributed by atoms with E-state index in [0.29, 0.717) is 4.90 Å². The Labute approximate surface area is 287 Å². The minimum absolute atomic E-state index is 0.0188. The summed E-state index contributed by atoms with van der Waals surface area (Å²) in [4.78, 5) is 52.7. The van der Waals surface area contributed by atoms with Gasteiger partial charge < -0.3 is 5.11 Å². The number of hydrogen-bond acceptors (Lipinski definition) is 5. The minimum atomic E-state index is -5.27. The molecule has 0 spiro atoms. The van der Waals surface area contributed by atoms with Gasteiger partial charge in [-0.3, -0.25) is 19.2 Å². The van der Waals surface area contributed by atoms with E-state index in [1.807, 2.05) is 0 Å². The number of para-hydroxylation sites is 1. The summed E-state index contributed by atoms with van der Waals surface area (Å²) in [5, 5.41) is 11.0. The van der Waals surface area contributed by atoms with Gasteiger partial charge >= 0.3 is 12.4 Å². The van der Waals surface area contributed by atoms with Gasteiger partial charge in [0, 0.05) is 11.5 Å². The normalized spacial score (nSPS) is 29.6. The van der Waals surface area contributed by atoms with Gasteiger partial charge in [0.05, 0.1) is 34.3 Å². The van der Waals surface area contributed by atoms with E-state index < -0.39 is 98.5 Å². The lowest BCUT2D eigenvalue weighted by molar-refractivity contribution is -0.143. The van der Waals surface area contributed by atoms with Crippen molar-refractivity contribution in [1.29, 1.82) is 0 Å². The van der Waals surface area contributed by atoms with Crippen LogP contribution in [0.5, 0.6) is 5.75 Å². The van der Waals surface area contributed by atoms with E-state index in [2.05, 4.69) is 0 Å². The van der Waals surface area contributed by atoms with Crippen LogP contribution in [-0.4, -0.2) is 38.5 Å². The Balaban J connectivity index is 1.38. The van der Waals surface area contributed by atoms with E-state index in [9.17, 15) is 55.0 Å². The van der Waals surface area contributed by atoms with Gasteiger partial charge in [-0.05, 0) is 67.3 Å². The van der Waals surface area contributed by atoms with Gasteiger partial charge in [-0.1, -0.05) is 29.8 Å². The van der Waals surface area contributed by atoms with Gasteiger partial charge in [0.1, 0.15) is 11.6 Å². The molecule has 0 unspecified atom stereocenters. The number of phenols is 1. The molecular formula is C34H21Cl2F7N2O5. The first kappa shape index (κ1) is 34.0. The summed E-state index contributed by atoms with van der Waals surface area (Å²) in [5.41, 5.74) is -4.29. The molecule has 7 nitrogen and oxygen atoms in total. The van der Waals surface area contributed by atoms with Crippen molar-refractivity contribution in [2.45, 2.75) is 40.9 Å². The number of hydrogen-bond donors (Lipinski definition) is 1. The zero-order chi connectivity index (χ0) is 36.3. The molecule has 2 aliphatic heterocycles. The van der Waals surface area contributed by atoms with Crippen LogP contribution in [0.4, 0.5) is 42.1 Å². The molecule has 3 aromatic carbocycles. The monoisotopic (exact) mass is 740 g/mol. The number of benzene rings is 3. The molecule has 16 heteroatoms. The number of fused-ring (bicyclic) bond motifs is 4. The molecule has 3 fully saturated rings. The van der Waals surface area contributed by atoms with Crippen LogP contribution in [0.15, 0.2) is 78.4 Å². The summed E-state index contributed by atoms with van der Waals surface area (Å²) in [7, 11) is 0. The number of amides is 4. The highest BCUT2D eigenvalue weighted by Crippen LogP contribution is 2.66. The molecule has 1 saturated carbocycles. The predicted molar refractivity (Wildman–Crippen MR) is 164 cm³/mol. The van der Waals surface area contributed by atoms with Crippen LogP contribution >= 0.6 is 23.2 Å². The zero-order valence-corrected chi connectivity index (χ0v) is 26.5. The first-order valence-corrected chi connectivity index (χ1v) is 15.7. The predicted octanol–water partition coefficient (Wildman–Crippen LogP) is 7.34. The highest BCUT2D eigenvalue weighted by molar-refractivity contribution is 6.58. The molecule has 1 N–H and O–H groups in total. The van der Waals surface area contributed by atoms with Gasteiger partial charge in [0.2, 0.25) is 11.8 Å². The fraction of sp³-hybridized carbons (Fsp3) is 0.294. The van der Waals surface area contributed by atoms with E-state index in [1.54, 1.807) is 0 Å². The van der Waals surface area contributed by atoms with Crippen LogP contribution in [0, 0.1) is 23.6 Å². The second kappa shape index (κ2) is 11.0. The molecule has 2 saturated heterocycles. The minimum Gasteiger partial charge on any atom is -0.508 e. The average Bonchev–Trinajstić information content (AvgIpc) is 3.39. The Morgan fingerprint density at radius 3 is 1.92 bits per heavy atom. The quantitative estimate of drug-likeness (QED) is 0.131. The van der Waals surface area contributed by atoms with Crippen LogP contribution in [0.1, 0.15) is 35.4 Å². The molecule has 3 aromatic rings. The number of rotatable bonds is 3. The Kier molecular flexibility index (Phi) is 7.51. The molecule has 2 aliphatic carbocycles. The Morgan fingerprint density at radius 1 is 0.740 bits per heavy atom. The van der Waals surface area contributed by atoms with Crippen molar-refractivity contribution < 1.29 is 55.0 Å². The second-order valence-corrected chi connectivity index (χ2v) is 13.8. The van der Waals surface area contributed by atoms with Crippen LogP contribution < -0.4 is 9.80 Å². The molecule has 0 aromatic heterocycles. The zero-order valence-electron chi connectivity index (χ0n) is 25.0. The maximum absolute atomic E-state index is 14.3. The van der Waals surface area contributed by atoms with Crippen molar-refractivity contribution in [3.05, 3.63) is 101 Å². The van der Waals surface area contributed by atoms with Gasteiger partial charge in [0.15, 0.2) is 9.75 Å². The van der Waals surface area contributed by atoms with Crippen molar-refractivity contribution in [1.82, 2.24) is 0 Å². The lowest BCUT2D eigenvalue weighted by atomic mass is 9.56. The maximum atomic E-state index is 14.3. The Morgan fingerprint density at radius 2 is 1.34 bits per heavy atom. The lowest BCUT2D eigenvalue weighted by Crippen LogP contribution is -2.60. The van der Waals surface area contributed by atoms with Gasteiger partial charge in [-0.2, -0.15) is 26.3 Å². The Bertz CT molecular complexity index is 2000. The number of nitrogens with zero attached hydrogens (tertiary/aromatic N) is 2. The van der Waals surface area contributed by atoms with Gasteiger partial charge in [-0.15, -0.1) is 23.2 Å². The van der Waals surface area contributed by atoms with Gasteiger partial charge in [0.25, 0.3) is 11.8 Å². The van der Waals surface area contributed by atoms with Crippen molar-refractivity contribution >= 4 is 58.2 Å². The topological polar surface area (TPSA) is 95.0 Å². The van der Waals surface area contributed by atoms with Crippen LogP contribution in [0.25, 0.3) is 0 Å². The number of imide groups is 2. The molecular weight excluding hydrogens is 720 g/mol. The third-order valence-electron chi connectivity index (χ3n) is 9.97. The average molecular weight is 741 g/mol. The standard InChI is InChI=1S/C34H21Cl2F7N2O5/c35-31-14-23-20(9-10-22-25(23)28(48)44(27(22)47)19-12-15(33(38,39)40)11-16(13-19)34(41,42)43)26(21-3-1-2-4-24(21)46)32(31,36)30(50)45(29(31)49)18-7-5-17(37)6-8-18/h1-9,11-13,22-23,25-26,46H,10,14H2/t22-,23+,25-,26+,31+,32-/m0/s1. The summed E-state index contributed by atoms with van der Waals surface area (Å²) >= 11 is 14.4. The number of allylic oxidation sites excluding steroid dienone is 2. The number of anilines is 2. The third-order valence-corrected chi connectivity index (χ3v) is 11.4. The number of aromatic hydroxyl groups is 1. The van der Waals surface area contributed by atoms with Crippen molar-refractivity contribution in [3.8, 4) is 5.75 Å². The fourth-order valence-corrected chi connectivity index (χ4v) is 8.72. The number of carbonyl (C=O) groups is 4. The molecule has 4 aliphatic rings. The van der Waals surface area contributed by atoms with E-state index in [4.69, 9.17) is 23.2 Å². The van der Waals surface area contributed by atoms with Gasteiger partial charge in [-0.25, -0.2) is 14.2 Å². The largest absolute Gasteiger partial charge is 0.508 e. The number of carbonyl (C=O) groups excluding carboxylic acids is 4. The highest BCUT2D eigenvalue weighted by atomic mass is 35.5. The van der Waals surface area contributed by atoms with Crippen LogP contribution in [-0.2, 0) is 31.5 Å². The molecule has 50 heavy (non-hydrogen) atoms. The SMILES string of the molecule is O=C1[C@H]2[C@H](CC=C3[C@H]2C[C@@]2(Cl)C(=O)N(c4ccc(F)cc4)C(=O)[C@@]2(Cl)[C@H]3c2ccccc2O)C(=O)N1c1cc(C(F)(F)F)cc(C(F)(F)F)c1. The van der Waals surface area contributed by atoms with E-state index in [-0.39, 0.29) is 52.1 Å². The molecule has 260 valence electrons. The number of halogens is 9. The van der Waals surface area contributed by atoms with E-state index >= 15 is 0 Å². The summed E-state index contributed by atoms with van der Waals surface area (Å²) in [6.45, 7) is 0. The smallest absolute Gasteiger partial charge is 0.416 e. The summed E-state index contributed by atoms with van der Waals surface area (Å²) in [6, 6.07) is 10.3. The van der Waals surface area contributed by atoms with Crippen molar-refractivity contribution in [2.24, 2.45) is 17.8 Å². The maximum Gasteiger partial charge on any atom is 0.416 e. The van der Waals surface area contributed by atoms with Crippen LogP contribution in [0.3, 0.4) is 0 Å².